The summed E-state index contributed by atoms with van der Waals surface area (Å²) in [7, 11) is 0. The topological polar surface area (TPSA) is 60.4 Å². The number of hydrogen-bond donors (Lipinski definition) is 1. The second-order valence-corrected chi connectivity index (χ2v) is 5.75. The second kappa shape index (κ2) is 4.74. The van der Waals surface area contributed by atoms with E-state index < -0.39 is 5.97 Å². The van der Waals surface area contributed by atoms with Gasteiger partial charge in [0.25, 0.3) is 0 Å². The molecular formula is C13H21O3-. The molecule has 2 aliphatic carbocycles. The highest BCUT2D eigenvalue weighted by atomic mass is 16.4. The molecule has 0 unspecified atom stereocenters. The van der Waals surface area contributed by atoms with Gasteiger partial charge >= 0.3 is 0 Å². The molecule has 0 amide bonds. The number of carboxylic acid groups (broad SMARTS) is 1. The lowest BCUT2D eigenvalue weighted by Crippen LogP contribution is -2.35. The van der Waals surface area contributed by atoms with Crippen molar-refractivity contribution in [3.05, 3.63) is 0 Å². The smallest absolute Gasteiger partial charge is 0.0540 e. The number of aliphatic carboxylic acids is 1. The highest BCUT2D eigenvalue weighted by Gasteiger charge is 2.37. The van der Waals surface area contributed by atoms with Crippen LogP contribution >= 0.6 is 0 Å². The molecule has 0 aliphatic heterocycles. The maximum Gasteiger partial charge on any atom is 0.0540 e. The Hall–Kier alpha value is -0.570. The van der Waals surface area contributed by atoms with Gasteiger partial charge in [-0.1, -0.05) is 0 Å². The summed E-state index contributed by atoms with van der Waals surface area (Å²) < 4.78 is 0. The number of rotatable bonds is 2. The molecule has 92 valence electrons. The summed E-state index contributed by atoms with van der Waals surface area (Å²) in [5.41, 5.74) is 0.432. The third-order valence-corrected chi connectivity index (χ3v) is 4.64. The van der Waals surface area contributed by atoms with Gasteiger partial charge in [-0.2, -0.15) is 0 Å². The van der Waals surface area contributed by atoms with Crippen LogP contribution in [0.3, 0.4) is 0 Å². The fourth-order valence-electron chi connectivity index (χ4n) is 3.44. The lowest BCUT2D eigenvalue weighted by molar-refractivity contribution is -0.307. The zero-order chi connectivity index (χ0) is 11.6. The van der Waals surface area contributed by atoms with Crippen molar-refractivity contribution >= 4 is 5.97 Å². The Morgan fingerprint density at radius 3 is 2.12 bits per heavy atom. The molecule has 1 spiro atoms. The van der Waals surface area contributed by atoms with Crippen molar-refractivity contribution in [2.75, 3.05) is 0 Å². The van der Waals surface area contributed by atoms with Crippen molar-refractivity contribution < 1.29 is 15.0 Å². The quantitative estimate of drug-likeness (QED) is 0.769. The number of aliphatic hydroxyl groups excluding tert-OH is 1. The first-order valence-corrected chi connectivity index (χ1v) is 6.48. The van der Waals surface area contributed by atoms with Crippen molar-refractivity contribution in [1.29, 1.82) is 0 Å². The second-order valence-electron chi connectivity index (χ2n) is 5.75. The van der Waals surface area contributed by atoms with Crippen LogP contribution in [0.25, 0.3) is 0 Å². The first-order chi connectivity index (χ1) is 7.60. The van der Waals surface area contributed by atoms with E-state index in [1.165, 1.54) is 0 Å². The van der Waals surface area contributed by atoms with Gasteiger partial charge in [0, 0.05) is 5.97 Å². The zero-order valence-corrected chi connectivity index (χ0v) is 9.78. The van der Waals surface area contributed by atoms with Gasteiger partial charge in [0.05, 0.1) is 6.10 Å². The van der Waals surface area contributed by atoms with E-state index in [4.69, 9.17) is 0 Å². The monoisotopic (exact) mass is 225 g/mol. The molecule has 3 nitrogen and oxygen atoms in total. The van der Waals surface area contributed by atoms with Gasteiger partial charge in [0.2, 0.25) is 0 Å². The Morgan fingerprint density at radius 1 is 1.12 bits per heavy atom. The van der Waals surface area contributed by atoms with E-state index in [0.717, 1.165) is 51.4 Å². The molecule has 0 radical (unpaired) electrons. The average Bonchev–Trinajstić information content (AvgIpc) is 2.26. The normalized spacial score (nSPS) is 39.8. The number of carboxylic acids is 1. The minimum Gasteiger partial charge on any atom is -0.550 e. The van der Waals surface area contributed by atoms with Crippen LogP contribution in [0, 0.1) is 11.3 Å². The van der Waals surface area contributed by atoms with Gasteiger partial charge in [0.15, 0.2) is 0 Å². The molecule has 2 fully saturated rings. The van der Waals surface area contributed by atoms with Crippen molar-refractivity contribution in [2.45, 2.75) is 63.9 Å². The van der Waals surface area contributed by atoms with Crippen LogP contribution in [0.15, 0.2) is 0 Å². The minimum atomic E-state index is -0.903. The standard InChI is InChI=1S/C13H22O3/c14-11-3-7-13(8-4-11)5-1-10(2-6-13)9-12(15)16/h10-11,14H,1-9H2,(H,15,16)/p-1. The molecule has 0 aromatic heterocycles. The predicted molar refractivity (Wildman–Crippen MR) is 58.5 cm³/mol. The summed E-state index contributed by atoms with van der Waals surface area (Å²) in [6.07, 6.45) is 8.64. The number of carbonyl (C=O) groups is 1. The Kier molecular flexibility index (Phi) is 3.53. The van der Waals surface area contributed by atoms with E-state index in [-0.39, 0.29) is 12.5 Å². The first kappa shape index (κ1) is 11.9. The largest absolute Gasteiger partial charge is 0.550 e. The summed E-state index contributed by atoms with van der Waals surface area (Å²) in [5, 5.41) is 20.0. The minimum absolute atomic E-state index is 0.0911. The predicted octanol–water partition coefficient (Wildman–Crippen LogP) is 1.24. The summed E-state index contributed by atoms with van der Waals surface area (Å²) in [5.74, 6) is -0.567. The van der Waals surface area contributed by atoms with Gasteiger partial charge in [0.1, 0.15) is 0 Å². The molecule has 3 heteroatoms. The van der Waals surface area contributed by atoms with E-state index in [1.807, 2.05) is 0 Å². The third-order valence-electron chi connectivity index (χ3n) is 4.64. The molecule has 2 aliphatic rings. The molecular weight excluding hydrogens is 204 g/mol. The van der Waals surface area contributed by atoms with Gasteiger partial charge in [-0.05, 0) is 69.1 Å². The SMILES string of the molecule is O=C([O-])CC1CCC2(CCC(O)CC2)CC1. The highest BCUT2D eigenvalue weighted by Crippen LogP contribution is 2.49. The van der Waals surface area contributed by atoms with E-state index in [0.29, 0.717) is 11.3 Å². The van der Waals surface area contributed by atoms with Crippen LogP contribution in [-0.2, 0) is 4.79 Å². The highest BCUT2D eigenvalue weighted by molar-refractivity contribution is 5.64. The number of carbonyl (C=O) groups excluding carboxylic acids is 1. The van der Waals surface area contributed by atoms with Crippen molar-refractivity contribution in [3.8, 4) is 0 Å². The average molecular weight is 225 g/mol. The maximum absolute atomic E-state index is 10.5. The molecule has 0 heterocycles. The van der Waals surface area contributed by atoms with Crippen molar-refractivity contribution in [2.24, 2.45) is 11.3 Å². The van der Waals surface area contributed by atoms with Crippen LogP contribution in [-0.4, -0.2) is 17.2 Å². The molecule has 0 saturated heterocycles. The van der Waals surface area contributed by atoms with E-state index in [1.54, 1.807) is 0 Å². The molecule has 16 heavy (non-hydrogen) atoms. The van der Waals surface area contributed by atoms with Gasteiger partial charge in [-0.15, -0.1) is 0 Å². The maximum atomic E-state index is 10.5. The summed E-state index contributed by atoms with van der Waals surface area (Å²) in [4.78, 5) is 10.5. The third kappa shape index (κ3) is 2.76. The van der Waals surface area contributed by atoms with Crippen LogP contribution in [0.4, 0.5) is 0 Å². The lowest BCUT2D eigenvalue weighted by Gasteiger charge is -2.44. The molecule has 2 saturated carbocycles. The Bertz CT molecular complexity index is 244. The summed E-state index contributed by atoms with van der Waals surface area (Å²) >= 11 is 0. The Labute approximate surface area is 96.9 Å². The Morgan fingerprint density at radius 2 is 1.62 bits per heavy atom. The fraction of sp³-hybridized carbons (Fsp3) is 0.923. The summed E-state index contributed by atoms with van der Waals surface area (Å²) in [6.45, 7) is 0. The molecule has 0 aromatic carbocycles. The van der Waals surface area contributed by atoms with Gasteiger partial charge in [-0.25, -0.2) is 0 Å². The Balaban J connectivity index is 1.82. The van der Waals surface area contributed by atoms with Crippen LogP contribution in [0.5, 0.6) is 0 Å². The van der Waals surface area contributed by atoms with Crippen LogP contribution < -0.4 is 5.11 Å². The van der Waals surface area contributed by atoms with Gasteiger partial charge < -0.3 is 15.0 Å². The van der Waals surface area contributed by atoms with Crippen LogP contribution in [0.2, 0.25) is 0 Å². The lowest BCUT2D eigenvalue weighted by atomic mass is 9.62. The van der Waals surface area contributed by atoms with Crippen molar-refractivity contribution in [1.82, 2.24) is 0 Å². The van der Waals surface area contributed by atoms with E-state index in [9.17, 15) is 15.0 Å². The van der Waals surface area contributed by atoms with E-state index >= 15 is 0 Å². The molecule has 1 N–H and O–H groups in total. The fourth-order valence-corrected chi connectivity index (χ4v) is 3.44. The molecule has 0 bridgehead atoms. The first-order valence-electron chi connectivity index (χ1n) is 6.48. The van der Waals surface area contributed by atoms with Gasteiger partial charge in [-0.3, -0.25) is 0 Å². The van der Waals surface area contributed by atoms with E-state index in [2.05, 4.69) is 0 Å². The summed E-state index contributed by atoms with van der Waals surface area (Å²) in [6, 6.07) is 0. The van der Waals surface area contributed by atoms with Crippen LogP contribution in [0.1, 0.15) is 57.8 Å². The van der Waals surface area contributed by atoms with Crippen molar-refractivity contribution in [3.63, 3.8) is 0 Å². The molecule has 0 atom stereocenters. The zero-order valence-electron chi connectivity index (χ0n) is 9.78. The number of hydrogen-bond acceptors (Lipinski definition) is 3. The number of aliphatic hydroxyl groups is 1. The molecule has 2 rings (SSSR count). The molecule has 0 aromatic rings.